The third-order valence-corrected chi connectivity index (χ3v) is 6.45. The number of halogens is 1. The molecular formula is C19H30ClN3O3S. The SMILES string of the molecule is CC1CCN(CCCNC(=O)[C@@H](C)N(c2cccc(Cl)c2)S(C)(=O)=O)CC1. The summed E-state index contributed by atoms with van der Waals surface area (Å²) in [5, 5.41) is 3.28. The normalized spacial score (nSPS) is 17.5. The maximum atomic E-state index is 12.5. The summed E-state index contributed by atoms with van der Waals surface area (Å²) in [6.07, 6.45) is 4.40. The van der Waals surface area contributed by atoms with Crippen LogP contribution in [-0.4, -0.2) is 57.7 Å². The van der Waals surface area contributed by atoms with Gasteiger partial charge >= 0.3 is 0 Å². The summed E-state index contributed by atoms with van der Waals surface area (Å²) in [6.45, 7) is 7.58. The van der Waals surface area contributed by atoms with Gasteiger partial charge < -0.3 is 10.2 Å². The summed E-state index contributed by atoms with van der Waals surface area (Å²) in [5.74, 6) is 0.489. The Hall–Kier alpha value is -1.31. The van der Waals surface area contributed by atoms with Crippen molar-refractivity contribution in [2.24, 2.45) is 5.92 Å². The number of amides is 1. The molecule has 1 heterocycles. The summed E-state index contributed by atoms with van der Waals surface area (Å²) in [6, 6.07) is 5.66. The average molecular weight is 416 g/mol. The van der Waals surface area contributed by atoms with Crippen LogP contribution in [0.15, 0.2) is 24.3 Å². The third kappa shape index (κ3) is 6.66. The van der Waals surface area contributed by atoms with Crippen molar-refractivity contribution in [1.29, 1.82) is 0 Å². The number of carbonyl (C=O) groups is 1. The van der Waals surface area contributed by atoms with Crippen LogP contribution < -0.4 is 9.62 Å². The van der Waals surface area contributed by atoms with Gasteiger partial charge in [-0.25, -0.2) is 8.42 Å². The zero-order valence-electron chi connectivity index (χ0n) is 16.3. The van der Waals surface area contributed by atoms with Gasteiger partial charge in [0.05, 0.1) is 11.9 Å². The number of nitrogens with one attached hydrogen (secondary N) is 1. The van der Waals surface area contributed by atoms with E-state index in [2.05, 4.69) is 17.1 Å². The number of hydrogen-bond donors (Lipinski definition) is 1. The Labute approximate surface area is 167 Å². The highest BCUT2D eigenvalue weighted by Gasteiger charge is 2.29. The van der Waals surface area contributed by atoms with Crippen LogP contribution in [0, 0.1) is 5.92 Å². The second-order valence-electron chi connectivity index (χ2n) is 7.38. The Kier molecular flexibility index (Phi) is 7.94. The molecule has 1 atom stereocenters. The van der Waals surface area contributed by atoms with Gasteiger partial charge in [0.2, 0.25) is 15.9 Å². The molecule has 1 N–H and O–H groups in total. The van der Waals surface area contributed by atoms with E-state index < -0.39 is 16.1 Å². The van der Waals surface area contributed by atoms with Crippen LogP contribution in [0.1, 0.15) is 33.1 Å². The van der Waals surface area contributed by atoms with Gasteiger partial charge in [-0.05, 0) is 69.9 Å². The molecule has 1 aliphatic heterocycles. The molecule has 0 saturated carbocycles. The summed E-state index contributed by atoms with van der Waals surface area (Å²) >= 11 is 5.98. The quantitative estimate of drug-likeness (QED) is 0.663. The molecule has 0 unspecified atom stereocenters. The van der Waals surface area contributed by atoms with Gasteiger partial charge in [-0.2, -0.15) is 0 Å². The zero-order chi connectivity index (χ0) is 20.0. The highest BCUT2D eigenvalue weighted by atomic mass is 35.5. The van der Waals surface area contributed by atoms with Crippen LogP contribution in [-0.2, 0) is 14.8 Å². The molecule has 27 heavy (non-hydrogen) atoms. The highest BCUT2D eigenvalue weighted by molar-refractivity contribution is 7.92. The molecule has 1 saturated heterocycles. The summed E-state index contributed by atoms with van der Waals surface area (Å²) in [4.78, 5) is 14.9. The number of benzene rings is 1. The van der Waals surface area contributed by atoms with Crippen LogP contribution in [0.3, 0.4) is 0 Å². The predicted octanol–water partition coefficient (Wildman–Crippen LogP) is 2.73. The maximum absolute atomic E-state index is 12.5. The number of nitrogens with zero attached hydrogens (tertiary/aromatic N) is 2. The minimum Gasteiger partial charge on any atom is -0.354 e. The number of carbonyl (C=O) groups excluding carboxylic acids is 1. The first-order chi connectivity index (χ1) is 12.7. The average Bonchev–Trinajstić information content (AvgIpc) is 2.59. The fourth-order valence-electron chi connectivity index (χ4n) is 3.37. The molecule has 0 aromatic heterocycles. The molecule has 1 aromatic carbocycles. The van der Waals surface area contributed by atoms with Crippen molar-refractivity contribution in [2.75, 3.05) is 36.7 Å². The lowest BCUT2D eigenvalue weighted by atomic mass is 9.99. The minimum absolute atomic E-state index is 0.312. The smallest absolute Gasteiger partial charge is 0.243 e. The number of rotatable bonds is 8. The van der Waals surface area contributed by atoms with E-state index in [0.717, 1.165) is 42.5 Å². The van der Waals surface area contributed by atoms with Crippen LogP contribution in [0.2, 0.25) is 5.02 Å². The molecule has 0 radical (unpaired) electrons. The number of piperidine rings is 1. The largest absolute Gasteiger partial charge is 0.354 e. The van der Waals surface area contributed by atoms with E-state index in [1.54, 1.807) is 31.2 Å². The van der Waals surface area contributed by atoms with Crippen LogP contribution >= 0.6 is 11.6 Å². The Balaban J connectivity index is 1.89. The van der Waals surface area contributed by atoms with Gasteiger partial charge in [0, 0.05) is 11.6 Å². The van der Waals surface area contributed by atoms with E-state index in [-0.39, 0.29) is 5.91 Å². The highest BCUT2D eigenvalue weighted by Crippen LogP contribution is 2.24. The van der Waals surface area contributed by atoms with Crippen molar-refractivity contribution < 1.29 is 13.2 Å². The topological polar surface area (TPSA) is 69.7 Å². The van der Waals surface area contributed by atoms with Crippen LogP contribution in [0.5, 0.6) is 0 Å². The Morgan fingerprint density at radius 2 is 2.04 bits per heavy atom. The van der Waals surface area contributed by atoms with Crippen LogP contribution in [0.4, 0.5) is 5.69 Å². The summed E-state index contributed by atoms with van der Waals surface area (Å²) in [5.41, 5.74) is 0.384. The predicted molar refractivity (Wildman–Crippen MR) is 111 cm³/mol. The lowest BCUT2D eigenvalue weighted by Gasteiger charge is -2.30. The first-order valence-electron chi connectivity index (χ1n) is 9.43. The first kappa shape index (κ1) is 22.0. The number of sulfonamides is 1. The second kappa shape index (κ2) is 9.75. The van der Waals surface area contributed by atoms with Gasteiger partial charge in [0.25, 0.3) is 0 Å². The van der Waals surface area contributed by atoms with Gasteiger partial charge in [-0.1, -0.05) is 24.6 Å². The molecule has 2 rings (SSSR count). The van der Waals surface area contributed by atoms with E-state index in [1.165, 1.54) is 12.8 Å². The van der Waals surface area contributed by atoms with Gasteiger partial charge in [0.1, 0.15) is 6.04 Å². The second-order valence-corrected chi connectivity index (χ2v) is 9.68. The van der Waals surface area contributed by atoms with Crippen molar-refractivity contribution in [3.05, 3.63) is 29.3 Å². The van der Waals surface area contributed by atoms with Crippen molar-refractivity contribution in [1.82, 2.24) is 10.2 Å². The molecule has 1 aliphatic rings. The molecule has 1 fully saturated rings. The van der Waals surface area contributed by atoms with Gasteiger partial charge in [-0.15, -0.1) is 0 Å². The zero-order valence-corrected chi connectivity index (χ0v) is 17.9. The maximum Gasteiger partial charge on any atom is 0.243 e. The first-order valence-corrected chi connectivity index (χ1v) is 11.7. The third-order valence-electron chi connectivity index (χ3n) is 4.98. The van der Waals surface area contributed by atoms with Gasteiger partial charge in [-0.3, -0.25) is 9.10 Å². The number of hydrogen-bond acceptors (Lipinski definition) is 4. The standard InChI is InChI=1S/C19H30ClN3O3S/c1-15-8-12-22(13-9-15)11-5-10-21-19(24)16(2)23(27(3,25)26)18-7-4-6-17(20)14-18/h4,6-7,14-16H,5,8-13H2,1-3H3,(H,21,24)/t16-/m1/s1. The summed E-state index contributed by atoms with van der Waals surface area (Å²) in [7, 11) is -3.63. The van der Waals surface area contributed by atoms with Crippen molar-refractivity contribution in [3.8, 4) is 0 Å². The van der Waals surface area contributed by atoms with E-state index in [4.69, 9.17) is 11.6 Å². The lowest BCUT2D eigenvalue weighted by Crippen LogP contribution is -2.48. The molecule has 1 amide bonds. The molecule has 1 aromatic rings. The lowest BCUT2D eigenvalue weighted by molar-refractivity contribution is -0.121. The number of likely N-dealkylation sites (tertiary alicyclic amines) is 1. The Bertz CT molecular complexity index is 733. The minimum atomic E-state index is -3.63. The molecule has 152 valence electrons. The molecule has 0 aliphatic carbocycles. The molecular weight excluding hydrogens is 386 g/mol. The van der Waals surface area contributed by atoms with E-state index in [0.29, 0.717) is 17.3 Å². The molecule has 6 nitrogen and oxygen atoms in total. The monoisotopic (exact) mass is 415 g/mol. The Morgan fingerprint density at radius 1 is 1.37 bits per heavy atom. The molecule has 8 heteroatoms. The Morgan fingerprint density at radius 3 is 2.63 bits per heavy atom. The molecule has 0 bridgehead atoms. The fourth-order valence-corrected chi connectivity index (χ4v) is 4.72. The number of anilines is 1. The fraction of sp³-hybridized carbons (Fsp3) is 0.632. The van der Waals surface area contributed by atoms with Crippen molar-refractivity contribution in [3.63, 3.8) is 0 Å². The van der Waals surface area contributed by atoms with Gasteiger partial charge in [0.15, 0.2) is 0 Å². The van der Waals surface area contributed by atoms with E-state index in [1.807, 2.05) is 0 Å². The van der Waals surface area contributed by atoms with Crippen LogP contribution in [0.25, 0.3) is 0 Å². The molecule has 0 spiro atoms. The van der Waals surface area contributed by atoms with Crippen molar-refractivity contribution >= 4 is 33.2 Å². The van der Waals surface area contributed by atoms with E-state index in [9.17, 15) is 13.2 Å². The van der Waals surface area contributed by atoms with Crippen molar-refractivity contribution in [2.45, 2.75) is 39.2 Å². The summed E-state index contributed by atoms with van der Waals surface area (Å²) < 4.78 is 25.6. The van der Waals surface area contributed by atoms with E-state index >= 15 is 0 Å².